The summed E-state index contributed by atoms with van der Waals surface area (Å²) in [4.78, 5) is 26.3. The van der Waals surface area contributed by atoms with Crippen LogP contribution < -0.4 is 10.2 Å². The van der Waals surface area contributed by atoms with Gasteiger partial charge in [0.05, 0.1) is 17.4 Å². The highest BCUT2D eigenvalue weighted by atomic mass is 32.1. The zero-order valence-electron chi connectivity index (χ0n) is 12.6. The van der Waals surface area contributed by atoms with Crippen LogP contribution in [0.1, 0.15) is 29.8 Å². The van der Waals surface area contributed by atoms with E-state index in [0.29, 0.717) is 5.69 Å². The van der Waals surface area contributed by atoms with Gasteiger partial charge in [-0.15, -0.1) is 11.3 Å². The normalized spacial score (nSPS) is 15.0. The van der Waals surface area contributed by atoms with Crippen molar-refractivity contribution >= 4 is 39.1 Å². The molecule has 0 bridgehead atoms. The van der Waals surface area contributed by atoms with Gasteiger partial charge in [-0.25, -0.2) is 9.97 Å². The van der Waals surface area contributed by atoms with Gasteiger partial charge < -0.3 is 15.2 Å². The van der Waals surface area contributed by atoms with E-state index >= 15 is 0 Å². The van der Waals surface area contributed by atoms with Crippen LogP contribution in [0.25, 0.3) is 11.0 Å². The topological polar surface area (TPSA) is 73.9 Å². The molecule has 1 saturated heterocycles. The Bertz CT molecular complexity index is 834. The summed E-state index contributed by atoms with van der Waals surface area (Å²) in [6.45, 7) is 2.07. The predicted octanol–water partition coefficient (Wildman–Crippen LogP) is 3.26. The molecule has 2 N–H and O–H groups in total. The highest BCUT2D eigenvalue weighted by Crippen LogP contribution is 2.24. The van der Waals surface area contributed by atoms with Gasteiger partial charge in [0, 0.05) is 24.2 Å². The van der Waals surface area contributed by atoms with E-state index < -0.39 is 0 Å². The van der Waals surface area contributed by atoms with E-state index in [2.05, 4.69) is 25.2 Å². The van der Waals surface area contributed by atoms with E-state index in [1.807, 2.05) is 23.6 Å². The van der Waals surface area contributed by atoms with Crippen molar-refractivity contribution in [2.45, 2.75) is 19.3 Å². The van der Waals surface area contributed by atoms with Crippen molar-refractivity contribution in [3.63, 3.8) is 0 Å². The molecule has 1 aliphatic heterocycles. The maximum atomic E-state index is 12.4. The van der Waals surface area contributed by atoms with Gasteiger partial charge in [0.25, 0.3) is 5.91 Å². The molecule has 23 heavy (non-hydrogen) atoms. The van der Waals surface area contributed by atoms with Crippen LogP contribution in [0.3, 0.4) is 0 Å². The molecule has 0 spiro atoms. The van der Waals surface area contributed by atoms with Crippen molar-refractivity contribution in [3.8, 4) is 0 Å². The Balaban J connectivity index is 1.49. The first-order valence-corrected chi connectivity index (χ1v) is 8.62. The van der Waals surface area contributed by atoms with Crippen LogP contribution in [0, 0.1) is 0 Å². The van der Waals surface area contributed by atoms with Crippen molar-refractivity contribution in [1.29, 1.82) is 0 Å². The zero-order valence-corrected chi connectivity index (χ0v) is 13.4. The van der Waals surface area contributed by atoms with E-state index in [1.165, 1.54) is 30.6 Å². The minimum atomic E-state index is -0.177. The Morgan fingerprint density at radius 3 is 3.00 bits per heavy atom. The van der Waals surface area contributed by atoms with E-state index in [9.17, 15) is 4.79 Å². The molecule has 2 aromatic heterocycles. The Morgan fingerprint density at radius 1 is 1.26 bits per heavy atom. The van der Waals surface area contributed by atoms with Crippen LogP contribution >= 0.6 is 11.3 Å². The highest BCUT2D eigenvalue weighted by molar-refractivity contribution is 7.14. The first-order valence-electron chi connectivity index (χ1n) is 7.74. The fourth-order valence-corrected chi connectivity index (χ4v) is 3.67. The van der Waals surface area contributed by atoms with E-state index in [1.54, 1.807) is 6.33 Å². The summed E-state index contributed by atoms with van der Waals surface area (Å²) < 4.78 is 0. The number of rotatable bonds is 3. The van der Waals surface area contributed by atoms with Crippen molar-refractivity contribution in [2.24, 2.45) is 0 Å². The molecule has 118 valence electrons. The van der Waals surface area contributed by atoms with Gasteiger partial charge in [0.15, 0.2) is 5.13 Å². The number of carbonyl (C=O) groups excluding carboxylic acids is 1. The number of amides is 1. The Kier molecular flexibility index (Phi) is 3.70. The first-order chi connectivity index (χ1) is 11.3. The number of hydrogen-bond donors (Lipinski definition) is 2. The SMILES string of the molecule is O=C(Nc1ccc2nc[nH]c2c1)c1csc(N2CCCCC2)n1. The van der Waals surface area contributed by atoms with E-state index in [4.69, 9.17) is 0 Å². The second-order valence-corrected chi connectivity index (χ2v) is 6.49. The van der Waals surface area contributed by atoms with Gasteiger partial charge in [-0.1, -0.05) is 0 Å². The number of anilines is 2. The number of carbonyl (C=O) groups is 1. The number of thiazole rings is 1. The minimum absolute atomic E-state index is 0.177. The van der Waals surface area contributed by atoms with Gasteiger partial charge in [0.1, 0.15) is 5.69 Å². The largest absolute Gasteiger partial charge is 0.348 e. The monoisotopic (exact) mass is 327 g/mol. The minimum Gasteiger partial charge on any atom is -0.348 e. The average molecular weight is 327 g/mol. The molecule has 0 aliphatic carbocycles. The maximum absolute atomic E-state index is 12.4. The molecule has 1 aliphatic rings. The van der Waals surface area contributed by atoms with Crippen LogP contribution in [0.15, 0.2) is 29.9 Å². The van der Waals surface area contributed by atoms with Crippen LogP contribution in [0.5, 0.6) is 0 Å². The van der Waals surface area contributed by atoms with Crippen LogP contribution in [-0.4, -0.2) is 33.9 Å². The molecule has 0 unspecified atom stereocenters. The molecule has 0 atom stereocenters. The summed E-state index contributed by atoms with van der Waals surface area (Å²) in [5, 5.41) is 5.67. The lowest BCUT2D eigenvalue weighted by Gasteiger charge is -2.25. The van der Waals surface area contributed by atoms with Gasteiger partial charge in [-0.2, -0.15) is 0 Å². The molecule has 3 aromatic rings. The molecule has 3 heterocycles. The summed E-state index contributed by atoms with van der Waals surface area (Å²) in [7, 11) is 0. The van der Waals surface area contributed by atoms with E-state index in [0.717, 1.165) is 34.9 Å². The number of piperidine rings is 1. The van der Waals surface area contributed by atoms with Crippen LogP contribution in [0.4, 0.5) is 10.8 Å². The predicted molar refractivity (Wildman–Crippen MR) is 92.2 cm³/mol. The molecule has 1 fully saturated rings. The third-order valence-electron chi connectivity index (χ3n) is 4.03. The van der Waals surface area contributed by atoms with Crippen molar-refractivity contribution in [3.05, 3.63) is 35.6 Å². The zero-order chi connectivity index (χ0) is 15.6. The third kappa shape index (κ3) is 2.92. The number of fused-ring (bicyclic) bond motifs is 1. The smallest absolute Gasteiger partial charge is 0.275 e. The molecule has 0 saturated carbocycles. The highest BCUT2D eigenvalue weighted by Gasteiger charge is 2.17. The number of imidazole rings is 1. The summed E-state index contributed by atoms with van der Waals surface area (Å²) in [5.41, 5.74) is 2.98. The number of aromatic nitrogens is 3. The molecule has 0 radical (unpaired) electrons. The molecular weight excluding hydrogens is 310 g/mol. The van der Waals surface area contributed by atoms with Gasteiger partial charge in [0.2, 0.25) is 0 Å². The van der Waals surface area contributed by atoms with Gasteiger partial charge in [-0.05, 0) is 37.5 Å². The summed E-state index contributed by atoms with van der Waals surface area (Å²) in [6.07, 6.45) is 5.32. The third-order valence-corrected chi connectivity index (χ3v) is 4.93. The van der Waals surface area contributed by atoms with Crippen molar-refractivity contribution in [2.75, 3.05) is 23.3 Å². The van der Waals surface area contributed by atoms with Crippen molar-refractivity contribution < 1.29 is 4.79 Å². The quantitative estimate of drug-likeness (QED) is 0.774. The number of H-pyrrole nitrogens is 1. The maximum Gasteiger partial charge on any atom is 0.275 e. The second kappa shape index (κ2) is 6.00. The first kappa shape index (κ1) is 14.2. The lowest BCUT2D eigenvalue weighted by molar-refractivity contribution is 0.102. The molecule has 1 amide bonds. The Labute approximate surface area is 137 Å². The summed E-state index contributed by atoms with van der Waals surface area (Å²) in [6, 6.07) is 5.60. The molecule has 7 heteroatoms. The number of benzene rings is 1. The summed E-state index contributed by atoms with van der Waals surface area (Å²) >= 11 is 1.54. The number of aromatic amines is 1. The number of hydrogen-bond acceptors (Lipinski definition) is 5. The second-order valence-electron chi connectivity index (χ2n) is 5.65. The van der Waals surface area contributed by atoms with Crippen molar-refractivity contribution in [1.82, 2.24) is 15.0 Å². The average Bonchev–Trinajstić information content (AvgIpc) is 3.24. The van der Waals surface area contributed by atoms with Gasteiger partial charge in [-0.3, -0.25) is 4.79 Å². The molecule has 1 aromatic carbocycles. The number of nitrogens with one attached hydrogen (secondary N) is 2. The van der Waals surface area contributed by atoms with Crippen LogP contribution in [-0.2, 0) is 0 Å². The number of nitrogens with zero attached hydrogens (tertiary/aromatic N) is 3. The summed E-state index contributed by atoms with van der Waals surface area (Å²) in [5.74, 6) is -0.177. The Morgan fingerprint density at radius 2 is 2.13 bits per heavy atom. The fraction of sp³-hybridized carbons (Fsp3) is 0.312. The Hall–Kier alpha value is -2.41. The molecular formula is C16H17N5OS. The van der Waals surface area contributed by atoms with E-state index in [-0.39, 0.29) is 5.91 Å². The van der Waals surface area contributed by atoms with Gasteiger partial charge >= 0.3 is 0 Å². The lowest BCUT2D eigenvalue weighted by atomic mass is 10.1. The standard InChI is InChI=1S/C16H17N5OS/c22-15(19-11-4-5-12-13(8-11)18-10-17-12)14-9-23-16(20-14)21-6-2-1-3-7-21/h4-5,8-10H,1-3,6-7H2,(H,17,18)(H,19,22). The van der Waals surface area contributed by atoms with Crippen LogP contribution in [0.2, 0.25) is 0 Å². The fourth-order valence-electron chi connectivity index (χ4n) is 2.81. The molecule has 4 rings (SSSR count). The lowest BCUT2D eigenvalue weighted by Crippen LogP contribution is -2.29. The molecule has 6 nitrogen and oxygen atoms in total.